The molecule has 1 heterocycles. The van der Waals surface area contributed by atoms with Crippen LogP contribution in [0.1, 0.15) is 36.5 Å². The lowest BCUT2D eigenvalue weighted by atomic mass is 10.1. The minimum atomic E-state index is -0.195. The number of nitrogens with one attached hydrogen (secondary N) is 2. The Morgan fingerprint density at radius 2 is 2.15 bits per heavy atom. The van der Waals surface area contributed by atoms with Crippen LogP contribution >= 0.6 is 12.2 Å². The quantitative estimate of drug-likeness (QED) is 0.380. The lowest BCUT2D eigenvalue weighted by Gasteiger charge is -2.08. The zero-order valence-electron chi connectivity index (χ0n) is 15.0. The van der Waals surface area contributed by atoms with Gasteiger partial charge in [-0.3, -0.25) is 14.2 Å². The zero-order valence-corrected chi connectivity index (χ0v) is 15.9. The van der Waals surface area contributed by atoms with Gasteiger partial charge in [-0.15, -0.1) is 6.58 Å². The molecule has 0 spiro atoms. The Labute approximate surface area is 157 Å². The number of amides is 1. The van der Waals surface area contributed by atoms with Crippen molar-refractivity contribution in [2.45, 2.75) is 32.7 Å². The third-order valence-corrected chi connectivity index (χ3v) is 4.27. The minimum Gasteiger partial charge on any atom is -0.381 e. The second-order valence-electron chi connectivity index (χ2n) is 5.97. The van der Waals surface area contributed by atoms with Crippen LogP contribution in [0.3, 0.4) is 0 Å². The third-order valence-electron chi connectivity index (χ3n) is 3.95. The number of hydrogen-bond acceptors (Lipinski definition) is 4. The fraction of sp³-hybridized carbons (Fsp3) is 0.421. The number of carbonyl (C=O) groups is 1. The molecule has 1 amide bonds. The van der Waals surface area contributed by atoms with Gasteiger partial charge in [0, 0.05) is 31.9 Å². The number of nitrogens with zero attached hydrogens (tertiary/aromatic N) is 1. The molecule has 0 aliphatic carbocycles. The number of allylic oxidation sites excluding steroid dienone is 1. The summed E-state index contributed by atoms with van der Waals surface area (Å²) in [6, 6.07) is 4.94. The molecule has 0 atom stereocenters. The molecule has 2 N–H and O–H groups in total. The van der Waals surface area contributed by atoms with Crippen molar-refractivity contribution < 1.29 is 9.53 Å². The number of aromatic amines is 1. The van der Waals surface area contributed by atoms with Crippen molar-refractivity contribution in [1.82, 2.24) is 14.9 Å². The molecule has 140 valence electrons. The summed E-state index contributed by atoms with van der Waals surface area (Å²) < 4.78 is 7.21. The van der Waals surface area contributed by atoms with Crippen LogP contribution in [0.2, 0.25) is 0 Å². The number of hydrogen-bond donors (Lipinski definition) is 2. The van der Waals surface area contributed by atoms with E-state index >= 15 is 0 Å². The molecule has 0 unspecified atom stereocenters. The molecule has 6 nitrogen and oxygen atoms in total. The van der Waals surface area contributed by atoms with Gasteiger partial charge in [-0.2, -0.15) is 0 Å². The molecule has 7 heteroatoms. The standard InChI is InChI=1S/C19H25N3O3S/c1-3-5-11-25-12-6-9-20-17(23)14-7-8-15-16(13-14)21-19(26)22(10-4-2)18(15)24/h4,7-8,13H,2-3,5-6,9-12H2,1H3,(H,20,23)(H,21,26). The van der Waals surface area contributed by atoms with Crippen LogP contribution in [0.15, 0.2) is 35.6 Å². The van der Waals surface area contributed by atoms with Gasteiger partial charge in [0.05, 0.1) is 10.9 Å². The number of aromatic nitrogens is 2. The van der Waals surface area contributed by atoms with Gasteiger partial charge in [-0.05, 0) is 43.3 Å². The fourth-order valence-corrected chi connectivity index (χ4v) is 2.78. The van der Waals surface area contributed by atoms with Crippen LogP contribution in [0.25, 0.3) is 10.9 Å². The topological polar surface area (TPSA) is 76.1 Å². The number of benzene rings is 1. The second kappa shape index (κ2) is 10.0. The number of ether oxygens (including phenoxy) is 1. The molecule has 0 saturated carbocycles. The lowest BCUT2D eigenvalue weighted by Crippen LogP contribution is -2.26. The maximum absolute atomic E-state index is 12.5. The van der Waals surface area contributed by atoms with Gasteiger partial charge in [0.1, 0.15) is 0 Å². The van der Waals surface area contributed by atoms with Crippen molar-refractivity contribution in [3.8, 4) is 0 Å². The molecule has 0 aliphatic heterocycles. The smallest absolute Gasteiger partial charge is 0.262 e. The van der Waals surface area contributed by atoms with Crippen molar-refractivity contribution in [2.75, 3.05) is 19.8 Å². The van der Waals surface area contributed by atoms with Crippen LogP contribution in [0.5, 0.6) is 0 Å². The van der Waals surface area contributed by atoms with E-state index in [1.165, 1.54) is 4.57 Å². The van der Waals surface area contributed by atoms with Crippen LogP contribution in [-0.4, -0.2) is 35.2 Å². The summed E-state index contributed by atoms with van der Waals surface area (Å²) in [7, 11) is 0. The minimum absolute atomic E-state index is 0.185. The van der Waals surface area contributed by atoms with E-state index in [-0.39, 0.29) is 11.5 Å². The average Bonchev–Trinajstić information content (AvgIpc) is 2.63. The van der Waals surface area contributed by atoms with Gasteiger partial charge >= 0.3 is 0 Å². The Hall–Kier alpha value is -2.25. The average molecular weight is 375 g/mol. The van der Waals surface area contributed by atoms with E-state index in [1.807, 2.05) is 0 Å². The normalized spacial score (nSPS) is 10.8. The molecular weight excluding hydrogens is 350 g/mol. The third kappa shape index (κ3) is 5.12. The van der Waals surface area contributed by atoms with Gasteiger partial charge < -0.3 is 15.0 Å². The summed E-state index contributed by atoms with van der Waals surface area (Å²) in [5, 5.41) is 3.35. The van der Waals surface area contributed by atoms with Gasteiger partial charge in [-0.1, -0.05) is 19.4 Å². The molecule has 1 aromatic carbocycles. The van der Waals surface area contributed by atoms with E-state index in [4.69, 9.17) is 17.0 Å². The van der Waals surface area contributed by atoms with E-state index in [1.54, 1.807) is 24.3 Å². The summed E-state index contributed by atoms with van der Waals surface area (Å²) in [5.74, 6) is -0.185. The van der Waals surface area contributed by atoms with Crippen molar-refractivity contribution in [2.24, 2.45) is 0 Å². The van der Waals surface area contributed by atoms with E-state index in [9.17, 15) is 9.59 Å². The molecular formula is C19H25N3O3S. The summed E-state index contributed by atoms with van der Waals surface area (Å²) in [6.45, 7) is 8.03. The van der Waals surface area contributed by atoms with Crippen LogP contribution in [0.4, 0.5) is 0 Å². The Morgan fingerprint density at radius 1 is 1.38 bits per heavy atom. The molecule has 0 radical (unpaired) electrons. The molecule has 0 bridgehead atoms. The van der Waals surface area contributed by atoms with Gasteiger partial charge in [-0.25, -0.2) is 0 Å². The first-order chi connectivity index (χ1) is 12.6. The number of H-pyrrole nitrogens is 1. The Balaban J connectivity index is 2.03. The van der Waals surface area contributed by atoms with Crippen molar-refractivity contribution in [3.05, 3.63) is 51.5 Å². The molecule has 26 heavy (non-hydrogen) atoms. The van der Waals surface area contributed by atoms with E-state index in [2.05, 4.69) is 23.8 Å². The van der Waals surface area contributed by atoms with Gasteiger partial charge in [0.15, 0.2) is 4.77 Å². The highest BCUT2D eigenvalue weighted by molar-refractivity contribution is 7.71. The van der Waals surface area contributed by atoms with Crippen LogP contribution in [0, 0.1) is 4.77 Å². The molecule has 1 aromatic heterocycles. The maximum atomic E-state index is 12.5. The summed E-state index contributed by atoms with van der Waals surface area (Å²) in [4.78, 5) is 27.7. The summed E-state index contributed by atoms with van der Waals surface area (Å²) in [5.41, 5.74) is 0.839. The molecule has 2 aromatic rings. The number of fused-ring (bicyclic) bond motifs is 1. The molecule has 2 rings (SSSR count). The number of unbranched alkanes of at least 4 members (excludes halogenated alkanes) is 1. The summed E-state index contributed by atoms with van der Waals surface area (Å²) in [6.07, 6.45) is 4.54. The Kier molecular flexibility index (Phi) is 7.74. The predicted molar refractivity (Wildman–Crippen MR) is 106 cm³/mol. The Morgan fingerprint density at radius 3 is 2.88 bits per heavy atom. The Bertz CT molecular complexity index is 886. The van der Waals surface area contributed by atoms with Gasteiger partial charge in [0.2, 0.25) is 0 Å². The monoisotopic (exact) mass is 375 g/mol. The highest BCUT2D eigenvalue weighted by atomic mass is 32.1. The number of carbonyl (C=O) groups excluding carboxylic acids is 1. The molecule has 0 fully saturated rings. The molecule has 0 saturated heterocycles. The lowest BCUT2D eigenvalue weighted by molar-refractivity contribution is 0.0940. The van der Waals surface area contributed by atoms with Crippen LogP contribution < -0.4 is 10.9 Å². The first-order valence-corrected chi connectivity index (χ1v) is 9.23. The van der Waals surface area contributed by atoms with Crippen molar-refractivity contribution in [1.29, 1.82) is 0 Å². The first-order valence-electron chi connectivity index (χ1n) is 8.82. The van der Waals surface area contributed by atoms with E-state index in [0.29, 0.717) is 40.9 Å². The largest absolute Gasteiger partial charge is 0.381 e. The van der Waals surface area contributed by atoms with E-state index in [0.717, 1.165) is 25.9 Å². The fourth-order valence-electron chi connectivity index (χ4n) is 2.52. The van der Waals surface area contributed by atoms with Crippen LogP contribution in [-0.2, 0) is 11.3 Å². The second-order valence-corrected chi connectivity index (χ2v) is 6.36. The van der Waals surface area contributed by atoms with E-state index < -0.39 is 0 Å². The maximum Gasteiger partial charge on any atom is 0.262 e. The first kappa shape index (κ1) is 20.1. The SMILES string of the molecule is C=CCn1c(=S)[nH]c2cc(C(=O)NCCCOCCCC)ccc2c1=O. The number of rotatable bonds is 10. The van der Waals surface area contributed by atoms with Crippen molar-refractivity contribution in [3.63, 3.8) is 0 Å². The van der Waals surface area contributed by atoms with Gasteiger partial charge in [0.25, 0.3) is 11.5 Å². The predicted octanol–water partition coefficient (Wildman–Crippen LogP) is 3.18. The summed E-state index contributed by atoms with van der Waals surface area (Å²) >= 11 is 5.22. The molecule has 0 aliphatic rings. The zero-order chi connectivity index (χ0) is 18.9. The van der Waals surface area contributed by atoms with Crippen molar-refractivity contribution >= 4 is 29.0 Å². The highest BCUT2D eigenvalue weighted by Crippen LogP contribution is 2.11. The highest BCUT2D eigenvalue weighted by Gasteiger charge is 2.09.